The minimum Gasteiger partial charge on any atom is -0.497 e. The molecule has 0 unspecified atom stereocenters. The Hall–Kier alpha value is -1.57. The van der Waals surface area contributed by atoms with Crippen LogP contribution in [0.15, 0.2) is 42.2 Å². The van der Waals surface area contributed by atoms with Crippen LogP contribution in [0.5, 0.6) is 0 Å². The Morgan fingerprint density at radius 2 is 1.94 bits per heavy atom. The number of hydrogen-bond acceptors (Lipinski definition) is 2. The van der Waals surface area contributed by atoms with Crippen LogP contribution in [-0.4, -0.2) is 12.4 Å². The third kappa shape index (κ3) is 1.54. The first-order valence-electron chi connectivity index (χ1n) is 5.77. The second kappa shape index (κ2) is 3.78. The maximum absolute atomic E-state index is 11.4. The molecule has 0 saturated carbocycles. The summed E-state index contributed by atoms with van der Waals surface area (Å²) in [7, 11) is 0. The van der Waals surface area contributed by atoms with Crippen LogP contribution in [0, 0.1) is 5.92 Å². The Labute approximate surface area is 94.9 Å². The summed E-state index contributed by atoms with van der Waals surface area (Å²) in [6.07, 6.45) is 3.31. The van der Waals surface area contributed by atoms with Crippen LogP contribution in [0.2, 0.25) is 0 Å². The van der Waals surface area contributed by atoms with E-state index in [2.05, 4.69) is 24.3 Å². The summed E-state index contributed by atoms with van der Waals surface area (Å²) < 4.78 is 5.56. The Morgan fingerprint density at radius 1 is 1.12 bits per heavy atom. The summed E-state index contributed by atoms with van der Waals surface area (Å²) in [5, 5.41) is 0. The zero-order valence-corrected chi connectivity index (χ0v) is 9.06. The van der Waals surface area contributed by atoms with Crippen LogP contribution in [0.4, 0.5) is 0 Å². The van der Waals surface area contributed by atoms with Crippen molar-refractivity contribution >= 4 is 5.78 Å². The molecular formula is C14H14O2. The van der Waals surface area contributed by atoms with Crippen molar-refractivity contribution in [1.82, 2.24) is 0 Å². The van der Waals surface area contributed by atoms with E-state index in [9.17, 15) is 4.79 Å². The molecule has 0 bridgehead atoms. The van der Waals surface area contributed by atoms with Gasteiger partial charge in [-0.1, -0.05) is 30.3 Å². The predicted octanol–water partition coefficient (Wildman–Crippen LogP) is 2.66. The van der Waals surface area contributed by atoms with Crippen molar-refractivity contribution in [2.45, 2.75) is 18.8 Å². The first-order valence-corrected chi connectivity index (χ1v) is 5.77. The largest absolute Gasteiger partial charge is 0.497 e. The van der Waals surface area contributed by atoms with Gasteiger partial charge in [-0.25, -0.2) is 0 Å². The fourth-order valence-electron chi connectivity index (χ4n) is 2.74. The summed E-state index contributed by atoms with van der Waals surface area (Å²) in [5.41, 5.74) is 1.33. The van der Waals surface area contributed by atoms with E-state index in [0.29, 0.717) is 12.3 Å². The van der Waals surface area contributed by atoms with Gasteiger partial charge in [0.1, 0.15) is 5.76 Å². The minimum atomic E-state index is 0.211. The number of benzene rings is 1. The van der Waals surface area contributed by atoms with Crippen molar-refractivity contribution in [2.75, 3.05) is 6.61 Å². The first kappa shape index (κ1) is 9.64. The van der Waals surface area contributed by atoms with Gasteiger partial charge in [0.05, 0.1) is 6.61 Å². The monoisotopic (exact) mass is 214 g/mol. The molecule has 1 fully saturated rings. The van der Waals surface area contributed by atoms with Gasteiger partial charge >= 0.3 is 0 Å². The summed E-state index contributed by atoms with van der Waals surface area (Å²) >= 11 is 0. The average molecular weight is 214 g/mol. The molecule has 2 atom stereocenters. The molecule has 1 aromatic rings. The van der Waals surface area contributed by atoms with Crippen LogP contribution in [0.25, 0.3) is 0 Å². The van der Waals surface area contributed by atoms with Gasteiger partial charge in [0.15, 0.2) is 5.78 Å². The Kier molecular flexibility index (Phi) is 2.28. The highest BCUT2D eigenvalue weighted by atomic mass is 16.5. The molecule has 16 heavy (non-hydrogen) atoms. The molecule has 82 valence electrons. The van der Waals surface area contributed by atoms with Crippen molar-refractivity contribution in [3.63, 3.8) is 0 Å². The van der Waals surface area contributed by atoms with Crippen molar-refractivity contribution in [1.29, 1.82) is 0 Å². The van der Waals surface area contributed by atoms with Crippen molar-refractivity contribution in [3.05, 3.63) is 47.7 Å². The van der Waals surface area contributed by atoms with Gasteiger partial charge in [-0.05, 0) is 17.9 Å². The molecule has 1 aromatic carbocycles. The van der Waals surface area contributed by atoms with Crippen LogP contribution in [-0.2, 0) is 9.53 Å². The maximum atomic E-state index is 11.4. The van der Waals surface area contributed by atoms with Gasteiger partial charge in [-0.2, -0.15) is 0 Å². The maximum Gasteiger partial charge on any atom is 0.159 e. The van der Waals surface area contributed by atoms with Crippen LogP contribution in [0.3, 0.4) is 0 Å². The molecule has 2 heteroatoms. The van der Waals surface area contributed by atoms with E-state index >= 15 is 0 Å². The molecule has 1 saturated heterocycles. The van der Waals surface area contributed by atoms with Gasteiger partial charge in [-0.3, -0.25) is 4.79 Å². The lowest BCUT2D eigenvalue weighted by atomic mass is 9.81. The minimum absolute atomic E-state index is 0.211. The number of ketones is 1. The summed E-state index contributed by atoms with van der Waals surface area (Å²) in [4.78, 5) is 11.4. The fraction of sp³-hybridized carbons (Fsp3) is 0.357. The van der Waals surface area contributed by atoms with E-state index in [4.69, 9.17) is 4.74 Å². The second-order valence-electron chi connectivity index (χ2n) is 4.48. The van der Waals surface area contributed by atoms with E-state index in [-0.39, 0.29) is 11.7 Å². The van der Waals surface area contributed by atoms with E-state index in [0.717, 1.165) is 18.8 Å². The highest BCUT2D eigenvalue weighted by Crippen LogP contribution is 2.42. The van der Waals surface area contributed by atoms with E-state index < -0.39 is 0 Å². The van der Waals surface area contributed by atoms with Crippen molar-refractivity contribution < 1.29 is 9.53 Å². The molecule has 2 aliphatic rings. The molecule has 3 rings (SSSR count). The number of rotatable bonds is 1. The summed E-state index contributed by atoms with van der Waals surface area (Å²) in [6.45, 7) is 0.731. The highest BCUT2D eigenvalue weighted by Gasteiger charge is 2.36. The topological polar surface area (TPSA) is 26.3 Å². The third-order valence-electron chi connectivity index (χ3n) is 3.50. The van der Waals surface area contributed by atoms with E-state index in [1.54, 1.807) is 6.08 Å². The summed E-state index contributed by atoms with van der Waals surface area (Å²) in [6, 6.07) is 10.4. The Balaban J connectivity index is 1.92. The lowest BCUT2D eigenvalue weighted by Gasteiger charge is -2.30. The smallest absolute Gasteiger partial charge is 0.159 e. The van der Waals surface area contributed by atoms with Crippen molar-refractivity contribution in [2.24, 2.45) is 5.92 Å². The first-order chi connectivity index (χ1) is 7.84. The molecule has 1 aliphatic carbocycles. The molecule has 0 N–H and O–H groups in total. The SMILES string of the molecule is O=C1C=C2OCC[C@H](c3ccccc3)[C@H]2C1. The van der Waals surface area contributed by atoms with Gasteiger partial charge in [0.2, 0.25) is 0 Å². The second-order valence-corrected chi connectivity index (χ2v) is 4.48. The Bertz CT molecular complexity index is 433. The zero-order valence-electron chi connectivity index (χ0n) is 9.06. The number of carbonyl (C=O) groups is 1. The zero-order chi connectivity index (χ0) is 11.0. The quantitative estimate of drug-likeness (QED) is 0.718. The standard InChI is InChI=1S/C14H14O2/c15-11-8-13-12(6-7-16-14(13)9-11)10-4-2-1-3-5-10/h1-5,9,12-13H,6-8H2/t12-,13-/m1/s1. The van der Waals surface area contributed by atoms with Crippen LogP contribution >= 0.6 is 0 Å². The molecule has 0 amide bonds. The third-order valence-corrected chi connectivity index (χ3v) is 3.50. The molecular weight excluding hydrogens is 200 g/mol. The fourth-order valence-corrected chi connectivity index (χ4v) is 2.74. The number of fused-ring (bicyclic) bond motifs is 1. The molecule has 2 nitrogen and oxygen atoms in total. The molecule has 1 aliphatic heterocycles. The summed E-state index contributed by atoms with van der Waals surface area (Å²) in [5.74, 6) is 1.85. The average Bonchev–Trinajstić information content (AvgIpc) is 2.70. The molecule has 1 heterocycles. The van der Waals surface area contributed by atoms with Crippen molar-refractivity contribution in [3.8, 4) is 0 Å². The normalized spacial score (nSPS) is 28.2. The Morgan fingerprint density at radius 3 is 2.75 bits per heavy atom. The molecule has 0 aromatic heterocycles. The predicted molar refractivity (Wildman–Crippen MR) is 60.9 cm³/mol. The van der Waals surface area contributed by atoms with Crippen LogP contribution < -0.4 is 0 Å². The van der Waals surface area contributed by atoms with E-state index in [1.807, 2.05) is 6.07 Å². The molecule has 0 radical (unpaired) electrons. The van der Waals surface area contributed by atoms with Gasteiger partial charge in [0, 0.05) is 18.4 Å². The number of allylic oxidation sites excluding steroid dienone is 2. The van der Waals surface area contributed by atoms with Gasteiger partial charge < -0.3 is 4.74 Å². The molecule has 0 spiro atoms. The lowest BCUT2D eigenvalue weighted by Crippen LogP contribution is -2.22. The number of carbonyl (C=O) groups excluding carboxylic acids is 1. The van der Waals surface area contributed by atoms with E-state index in [1.165, 1.54) is 5.56 Å². The van der Waals surface area contributed by atoms with Crippen LogP contribution in [0.1, 0.15) is 24.3 Å². The van der Waals surface area contributed by atoms with Gasteiger partial charge in [0.25, 0.3) is 0 Å². The number of ether oxygens (including phenoxy) is 1. The van der Waals surface area contributed by atoms with Gasteiger partial charge in [-0.15, -0.1) is 0 Å². The lowest BCUT2D eigenvalue weighted by molar-refractivity contribution is -0.114. The number of hydrogen-bond donors (Lipinski definition) is 0. The highest BCUT2D eigenvalue weighted by molar-refractivity contribution is 5.93.